The molecule has 0 heterocycles. The highest BCUT2D eigenvalue weighted by atomic mass is 32.2. The quantitative estimate of drug-likeness (QED) is 0.857. The van der Waals surface area contributed by atoms with Gasteiger partial charge in [-0.05, 0) is 37.3 Å². The summed E-state index contributed by atoms with van der Waals surface area (Å²) in [4.78, 5) is 1.27. The van der Waals surface area contributed by atoms with Gasteiger partial charge in [-0.15, -0.1) is 11.8 Å². The Morgan fingerprint density at radius 2 is 2.06 bits per heavy atom. The summed E-state index contributed by atoms with van der Waals surface area (Å²) in [5.41, 5.74) is 1.08. The fourth-order valence-corrected chi connectivity index (χ4v) is 4.20. The normalized spacial score (nSPS) is 26.8. The summed E-state index contributed by atoms with van der Waals surface area (Å²) in [6.45, 7) is 4.20. The Morgan fingerprint density at radius 1 is 1.29 bits per heavy atom. The van der Waals surface area contributed by atoms with E-state index in [1.165, 1.54) is 30.6 Å². The van der Waals surface area contributed by atoms with Gasteiger partial charge in [-0.2, -0.15) is 0 Å². The van der Waals surface area contributed by atoms with Crippen molar-refractivity contribution in [2.45, 2.75) is 55.8 Å². The standard InChI is InChI=1S/C15H22OS/c1-11-6-5-7-13(10-11)17-15-9-4-3-8-14(15)12(2)16/h3-4,8-9,11-13,16H,5-7,10H2,1-2H3/t11?,12-,13?/m0/s1. The fourth-order valence-electron chi connectivity index (χ4n) is 2.60. The van der Waals surface area contributed by atoms with Crippen LogP contribution in [0.15, 0.2) is 29.2 Å². The van der Waals surface area contributed by atoms with E-state index in [0.29, 0.717) is 0 Å². The van der Waals surface area contributed by atoms with E-state index in [9.17, 15) is 5.11 Å². The van der Waals surface area contributed by atoms with Crippen molar-refractivity contribution >= 4 is 11.8 Å². The Balaban J connectivity index is 2.07. The summed E-state index contributed by atoms with van der Waals surface area (Å²) in [6, 6.07) is 8.27. The predicted molar refractivity (Wildman–Crippen MR) is 74.4 cm³/mol. The van der Waals surface area contributed by atoms with E-state index in [0.717, 1.165) is 16.7 Å². The van der Waals surface area contributed by atoms with Gasteiger partial charge in [0, 0.05) is 10.1 Å². The summed E-state index contributed by atoms with van der Waals surface area (Å²) in [6.07, 6.45) is 5.02. The lowest BCUT2D eigenvalue weighted by Gasteiger charge is -2.27. The van der Waals surface area contributed by atoms with Gasteiger partial charge in [-0.25, -0.2) is 0 Å². The number of hydrogen-bond donors (Lipinski definition) is 1. The molecular formula is C15H22OS. The van der Waals surface area contributed by atoms with Gasteiger partial charge >= 0.3 is 0 Å². The molecule has 1 aliphatic rings. The third kappa shape index (κ3) is 3.49. The number of thioether (sulfide) groups is 1. The van der Waals surface area contributed by atoms with Crippen molar-refractivity contribution in [3.05, 3.63) is 29.8 Å². The van der Waals surface area contributed by atoms with Crippen LogP contribution in [0, 0.1) is 5.92 Å². The average Bonchev–Trinajstić information content (AvgIpc) is 2.29. The van der Waals surface area contributed by atoms with Crippen molar-refractivity contribution in [3.63, 3.8) is 0 Å². The minimum atomic E-state index is -0.361. The van der Waals surface area contributed by atoms with Crippen LogP contribution >= 0.6 is 11.8 Å². The second-order valence-electron chi connectivity index (χ2n) is 5.23. The highest BCUT2D eigenvalue weighted by molar-refractivity contribution is 8.00. The first-order chi connectivity index (χ1) is 8.16. The number of aliphatic hydroxyl groups is 1. The monoisotopic (exact) mass is 250 g/mol. The van der Waals surface area contributed by atoms with Crippen LogP contribution in [-0.2, 0) is 0 Å². The van der Waals surface area contributed by atoms with Gasteiger partial charge in [0.15, 0.2) is 0 Å². The van der Waals surface area contributed by atoms with Gasteiger partial charge in [0.2, 0.25) is 0 Å². The van der Waals surface area contributed by atoms with Gasteiger partial charge in [0.05, 0.1) is 6.10 Å². The Labute approximate surface area is 109 Å². The van der Waals surface area contributed by atoms with Crippen LogP contribution in [-0.4, -0.2) is 10.4 Å². The molecule has 0 bridgehead atoms. The molecule has 0 saturated heterocycles. The van der Waals surface area contributed by atoms with E-state index >= 15 is 0 Å². The molecule has 2 rings (SSSR count). The SMILES string of the molecule is CC1CCCC(Sc2ccccc2[C@H](C)O)C1. The summed E-state index contributed by atoms with van der Waals surface area (Å²) < 4.78 is 0. The van der Waals surface area contributed by atoms with Crippen LogP contribution in [0.1, 0.15) is 51.2 Å². The van der Waals surface area contributed by atoms with E-state index in [-0.39, 0.29) is 6.10 Å². The highest BCUT2D eigenvalue weighted by Gasteiger charge is 2.21. The predicted octanol–water partition coefficient (Wildman–Crippen LogP) is 4.41. The Kier molecular flexibility index (Phi) is 4.52. The summed E-state index contributed by atoms with van der Waals surface area (Å²) in [5, 5.41) is 10.5. The minimum absolute atomic E-state index is 0.361. The zero-order valence-electron chi connectivity index (χ0n) is 10.7. The second-order valence-corrected chi connectivity index (χ2v) is 6.57. The number of rotatable bonds is 3. The molecule has 1 aromatic carbocycles. The van der Waals surface area contributed by atoms with E-state index in [1.54, 1.807) is 0 Å². The Bertz CT molecular complexity index is 362. The van der Waals surface area contributed by atoms with Gasteiger partial charge in [-0.3, -0.25) is 0 Å². The molecule has 1 aromatic rings. The molecule has 2 unspecified atom stereocenters. The van der Waals surface area contributed by atoms with E-state index < -0.39 is 0 Å². The molecule has 0 radical (unpaired) electrons. The average molecular weight is 250 g/mol. The zero-order valence-corrected chi connectivity index (χ0v) is 11.5. The molecule has 17 heavy (non-hydrogen) atoms. The number of hydrogen-bond acceptors (Lipinski definition) is 2. The van der Waals surface area contributed by atoms with Crippen LogP contribution in [0.2, 0.25) is 0 Å². The molecule has 0 spiro atoms. The summed E-state index contributed by atoms with van der Waals surface area (Å²) in [5.74, 6) is 0.861. The van der Waals surface area contributed by atoms with Gasteiger partial charge in [0.25, 0.3) is 0 Å². The molecule has 0 aromatic heterocycles. The van der Waals surface area contributed by atoms with Crippen LogP contribution in [0.3, 0.4) is 0 Å². The summed E-state index contributed by atoms with van der Waals surface area (Å²) in [7, 11) is 0. The lowest BCUT2D eigenvalue weighted by molar-refractivity contribution is 0.196. The maximum absolute atomic E-state index is 9.77. The lowest BCUT2D eigenvalue weighted by atomic mass is 9.91. The molecule has 1 N–H and O–H groups in total. The van der Waals surface area contributed by atoms with Crippen LogP contribution in [0.25, 0.3) is 0 Å². The number of aliphatic hydroxyl groups excluding tert-OH is 1. The Morgan fingerprint density at radius 3 is 2.76 bits per heavy atom. The van der Waals surface area contributed by atoms with Gasteiger partial charge < -0.3 is 5.11 Å². The third-order valence-electron chi connectivity index (χ3n) is 3.55. The summed E-state index contributed by atoms with van der Waals surface area (Å²) >= 11 is 1.96. The third-order valence-corrected chi connectivity index (χ3v) is 4.94. The first kappa shape index (κ1) is 13.0. The van der Waals surface area contributed by atoms with E-state index in [4.69, 9.17) is 0 Å². The first-order valence-electron chi connectivity index (χ1n) is 6.60. The highest BCUT2D eigenvalue weighted by Crippen LogP contribution is 2.38. The number of benzene rings is 1. The van der Waals surface area contributed by atoms with E-state index in [1.807, 2.05) is 30.8 Å². The molecule has 1 nitrogen and oxygen atoms in total. The fraction of sp³-hybridized carbons (Fsp3) is 0.600. The van der Waals surface area contributed by atoms with Crippen LogP contribution < -0.4 is 0 Å². The smallest absolute Gasteiger partial charge is 0.0772 e. The van der Waals surface area contributed by atoms with Crippen molar-refractivity contribution in [3.8, 4) is 0 Å². The molecule has 94 valence electrons. The van der Waals surface area contributed by atoms with Crippen molar-refractivity contribution in [1.82, 2.24) is 0 Å². The maximum Gasteiger partial charge on any atom is 0.0772 e. The molecule has 1 fully saturated rings. The molecule has 1 aliphatic carbocycles. The van der Waals surface area contributed by atoms with Crippen LogP contribution in [0.5, 0.6) is 0 Å². The van der Waals surface area contributed by atoms with Crippen molar-refractivity contribution in [2.24, 2.45) is 5.92 Å². The minimum Gasteiger partial charge on any atom is -0.389 e. The first-order valence-corrected chi connectivity index (χ1v) is 7.48. The van der Waals surface area contributed by atoms with Crippen LogP contribution in [0.4, 0.5) is 0 Å². The van der Waals surface area contributed by atoms with E-state index in [2.05, 4.69) is 19.1 Å². The molecule has 1 saturated carbocycles. The van der Waals surface area contributed by atoms with Crippen molar-refractivity contribution < 1.29 is 5.11 Å². The van der Waals surface area contributed by atoms with Crippen molar-refractivity contribution in [1.29, 1.82) is 0 Å². The zero-order chi connectivity index (χ0) is 12.3. The molecule has 2 heteroatoms. The molecule has 3 atom stereocenters. The molecule has 0 amide bonds. The topological polar surface area (TPSA) is 20.2 Å². The lowest BCUT2D eigenvalue weighted by Crippen LogP contribution is -2.15. The Hall–Kier alpha value is -0.470. The van der Waals surface area contributed by atoms with Gasteiger partial charge in [-0.1, -0.05) is 38.0 Å². The maximum atomic E-state index is 9.77. The molecule has 0 aliphatic heterocycles. The largest absolute Gasteiger partial charge is 0.389 e. The second kappa shape index (κ2) is 5.92. The van der Waals surface area contributed by atoms with Crippen molar-refractivity contribution in [2.75, 3.05) is 0 Å². The van der Waals surface area contributed by atoms with Gasteiger partial charge in [0.1, 0.15) is 0 Å². The molecular weight excluding hydrogens is 228 g/mol.